The lowest BCUT2D eigenvalue weighted by atomic mass is 10.2. The highest BCUT2D eigenvalue weighted by molar-refractivity contribution is 8.14. The molecule has 3 rings (SSSR count). The molecule has 3 heterocycles. The van der Waals surface area contributed by atoms with Crippen molar-refractivity contribution in [3.05, 3.63) is 36.3 Å². The largest absolute Gasteiger partial charge is 0.340 e. The number of aromatic nitrogens is 4. The first-order chi connectivity index (χ1) is 9.74. The molecule has 2 aromatic rings. The number of carbonyl (C=O) groups excluding carboxylic acids is 2. The Morgan fingerprint density at radius 3 is 2.90 bits per heavy atom. The fourth-order valence-electron chi connectivity index (χ4n) is 1.83. The van der Waals surface area contributed by atoms with E-state index in [4.69, 9.17) is 0 Å². The summed E-state index contributed by atoms with van der Waals surface area (Å²) in [7, 11) is 0. The summed E-state index contributed by atoms with van der Waals surface area (Å²) < 4.78 is 1.55. The summed E-state index contributed by atoms with van der Waals surface area (Å²) in [6.45, 7) is 0. The highest BCUT2D eigenvalue weighted by atomic mass is 32.2. The van der Waals surface area contributed by atoms with E-state index >= 15 is 0 Å². The van der Waals surface area contributed by atoms with Crippen molar-refractivity contribution < 1.29 is 9.59 Å². The average Bonchev–Trinajstić information content (AvgIpc) is 3.12. The van der Waals surface area contributed by atoms with Gasteiger partial charge in [0, 0.05) is 18.1 Å². The Balaban J connectivity index is 1.71. The lowest BCUT2D eigenvalue weighted by Crippen LogP contribution is -2.37. The monoisotopic (exact) mass is 289 g/mol. The van der Waals surface area contributed by atoms with Gasteiger partial charge in [0.2, 0.25) is 5.12 Å². The molecule has 0 bridgehead atoms. The summed E-state index contributed by atoms with van der Waals surface area (Å²) in [6.07, 6.45) is 4.03. The van der Waals surface area contributed by atoms with E-state index in [-0.39, 0.29) is 16.7 Å². The summed E-state index contributed by atoms with van der Waals surface area (Å²) in [5.74, 6) is 0.887. The smallest absolute Gasteiger partial charge is 0.272 e. The summed E-state index contributed by atoms with van der Waals surface area (Å²) in [4.78, 5) is 23.4. The summed E-state index contributed by atoms with van der Waals surface area (Å²) in [5, 5.41) is 14.5. The Hall–Kier alpha value is -2.22. The van der Waals surface area contributed by atoms with Crippen LogP contribution in [0.15, 0.2) is 30.6 Å². The number of carbonyl (C=O) groups is 2. The third-order valence-corrected chi connectivity index (χ3v) is 3.87. The lowest BCUT2D eigenvalue weighted by molar-refractivity contribution is -0.112. The first kappa shape index (κ1) is 12.8. The van der Waals surface area contributed by atoms with E-state index in [1.807, 2.05) is 0 Å². The molecule has 2 aromatic heterocycles. The van der Waals surface area contributed by atoms with Crippen molar-refractivity contribution in [2.75, 3.05) is 5.75 Å². The normalized spacial score (nSPS) is 18.2. The number of hydrogen-bond acceptors (Lipinski definition) is 6. The number of nitrogens with one attached hydrogen (secondary N) is 1. The van der Waals surface area contributed by atoms with E-state index in [9.17, 15) is 9.59 Å². The Morgan fingerprint density at radius 2 is 2.30 bits per heavy atom. The highest BCUT2D eigenvalue weighted by Gasteiger charge is 2.27. The molecule has 20 heavy (non-hydrogen) atoms. The van der Waals surface area contributed by atoms with Crippen LogP contribution in [0, 0.1) is 0 Å². The van der Waals surface area contributed by atoms with Crippen molar-refractivity contribution in [2.45, 2.75) is 12.5 Å². The second-order valence-corrected chi connectivity index (χ2v) is 5.31. The van der Waals surface area contributed by atoms with Crippen molar-refractivity contribution in [1.82, 2.24) is 25.3 Å². The molecule has 7 nitrogen and oxygen atoms in total. The molecular formula is C12H11N5O2S. The standard InChI is InChI=1S/C12H11N5O2S/c18-11(14-9-4-7-20-12(9)19)8-2-3-10(16-15-8)17-6-1-5-13-17/h1-3,5-6,9H,4,7H2,(H,14,18)/t9-/m1/s1. The Morgan fingerprint density at radius 1 is 1.40 bits per heavy atom. The molecule has 0 spiro atoms. The van der Waals surface area contributed by atoms with Crippen molar-refractivity contribution in [3.63, 3.8) is 0 Å². The van der Waals surface area contributed by atoms with Gasteiger partial charge >= 0.3 is 0 Å². The van der Waals surface area contributed by atoms with E-state index in [0.29, 0.717) is 12.2 Å². The zero-order valence-corrected chi connectivity index (χ0v) is 11.2. The first-order valence-electron chi connectivity index (χ1n) is 6.05. The third kappa shape index (κ3) is 2.55. The summed E-state index contributed by atoms with van der Waals surface area (Å²) >= 11 is 1.24. The number of thioether (sulfide) groups is 1. The quantitative estimate of drug-likeness (QED) is 0.881. The first-order valence-corrected chi connectivity index (χ1v) is 7.04. The van der Waals surface area contributed by atoms with Gasteiger partial charge < -0.3 is 5.32 Å². The van der Waals surface area contributed by atoms with E-state index in [2.05, 4.69) is 20.6 Å². The lowest BCUT2D eigenvalue weighted by Gasteiger charge is -2.09. The maximum atomic E-state index is 11.9. The van der Waals surface area contributed by atoms with Crippen LogP contribution in [0.5, 0.6) is 0 Å². The van der Waals surface area contributed by atoms with Crippen LogP contribution in [0.25, 0.3) is 5.82 Å². The highest BCUT2D eigenvalue weighted by Crippen LogP contribution is 2.19. The molecule has 0 aromatic carbocycles. The molecule has 1 N–H and O–H groups in total. The zero-order valence-electron chi connectivity index (χ0n) is 10.4. The Bertz CT molecular complexity index is 626. The van der Waals surface area contributed by atoms with Crippen LogP contribution in [0.2, 0.25) is 0 Å². The third-order valence-electron chi connectivity index (χ3n) is 2.86. The molecule has 1 amide bonds. The van der Waals surface area contributed by atoms with Crippen LogP contribution >= 0.6 is 11.8 Å². The van der Waals surface area contributed by atoms with Crippen molar-refractivity contribution in [2.24, 2.45) is 0 Å². The molecule has 1 saturated heterocycles. The molecule has 8 heteroatoms. The minimum Gasteiger partial charge on any atom is -0.340 e. The van der Waals surface area contributed by atoms with Crippen LogP contribution < -0.4 is 5.32 Å². The number of hydrogen-bond donors (Lipinski definition) is 1. The van der Waals surface area contributed by atoms with Gasteiger partial charge in [-0.3, -0.25) is 9.59 Å². The maximum absolute atomic E-state index is 11.9. The fraction of sp³-hybridized carbons (Fsp3) is 0.250. The van der Waals surface area contributed by atoms with Gasteiger partial charge in [-0.1, -0.05) is 11.8 Å². The molecule has 1 aliphatic rings. The van der Waals surface area contributed by atoms with Crippen LogP contribution in [0.4, 0.5) is 0 Å². The van der Waals surface area contributed by atoms with Crippen molar-refractivity contribution in [3.8, 4) is 5.82 Å². The van der Waals surface area contributed by atoms with Crippen LogP contribution in [0.3, 0.4) is 0 Å². The molecule has 1 fully saturated rings. The summed E-state index contributed by atoms with van der Waals surface area (Å²) in [5.41, 5.74) is 0.186. The predicted octanol–water partition coefficient (Wildman–Crippen LogP) is 0.424. The van der Waals surface area contributed by atoms with Crippen LogP contribution in [-0.2, 0) is 4.79 Å². The van der Waals surface area contributed by atoms with Gasteiger partial charge in [0.15, 0.2) is 11.5 Å². The molecule has 1 atom stereocenters. The van der Waals surface area contributed by atoms with Crippen LogP contribution in [-0.4, -0.2) is 42.8 Å². The molecule has 0 radical (unpaired) electrons. The molecular weight excluding hydrogens is 278 g/mol. The van der Waals surface area contributed by atoms with Gasteiger partial charge in [-0.05, 0) is 24.6 Å². The molecule has 0 saturated carbocycles. The van der Waals surface area contributed by atoms with Gasteiger partial charge in [-0.2, -0.15) is 5.10 Å². The summed E-state index contributed by atoms with van der Waals surface area (Å²) in [6, 6.07) is 4.57. The minimum atomic E-state index is -0.417. The molecule has 102 valence electrons. The molecule has 0 unspecified atom stereocenters. The number of rotatable bonds is 3. The minimum absolute atomic E-state index is 0.000490. The molecule has 1 aliphatic heterocycles. The van der Waals surface area contributed by atoms with Gasteiger partial charge in [0.25, 0.3) is 5.91 Å². The van der Waals surface area contributed by atoms with Gasteiger partial charge in [-0.25, -0.2) is 4.68 Å². The fourth-order valence-corrected chi connectivity index (χ4v) is 2.76. The second kappa shape index (κ2) is 5.41. The van der Waals surface area contributed by atoms with Crippen molar-refractivity contribution >= 4 is 22.8 Å². The van der Waals surface area contributed by atoms with Gasteiger partial charge in [0.05, 0.1) is 6.04 Å². The molecule has 0 aliphatic carbocycles. The Labute approximate surface area is 118 Å². The Kier molecular flexibility index (Phi) is 3.46. The van der Waals surface area contributed by atoms with Crippen LogP contribution in [0.1, 0.15) is 16.9 Å². The van der Waals surface area contributed by atoms with E-state index in [1.54, 1.807) is 35.3 Å². The number of amides is 1. The van der Waals surface area contributed by atoms with E-state index in [1.165, 1.54) is 11.8 Å². The average molecular weight is 289 g/mol. The number of nitrogens with zero attached hydrogens (tertiary/aromatic N) is 4. The van der Waals surface area contributed by atoms with Gasteiger partial charge in [-0.15, -0.1) is 10.2 Å². The SMILES string of the molecule is O=C(N[C@@H]1CCSC1=O)c1ccc(-n2cccn2)nn1. The van der Waals surface area contributed by atoms with Gasteiger partial charge in [0.1, 0.15) is 0 Å². The topological polar surface area (TPSA) is 89.8 Å². The van der Waals surface area contributed by atoms with E-state index < -0.39 is 6.04 Å². The predicted molar refractivity (Wildman–Crippen MR) is 72.5 cm³/mol. The second-order valence-electron chi connectivity index (χ2n) is 4.21. The maximum Gasteiger partial charge on any atom is 0.272 e. The van der Waals surface area contributed by atoms with Crippen molar-refractivity contribution in [1.29, 1.82) is 0 Å². The van der Waals surface area contributed by atoms with E-state index in [0.717, 1.165) is 5.75 Å². The zero-order chi connectivity index (χ0) is 13.9.